The summed E-state index contributed by atoms with van der Waals surface area (Å²) in [4.78, 5) is 14.0. The van der Waals surface area contributed by atoms with Crippen LogP contribution in [0.5, 0.6) is 11.5 Å². The number of carbonyl (C=O) groups excluding carboxylic acids is 1. The highest BCUT2D eigenvalue weighted by Gasteiger charge is 2.37. The van der Waals surface area contributed by atoms with Crippen molar-refractivity contribution in [2.24, 2.45) is 0 Å². The molecular weight excluding hydrogens is 416 g/mol. The molecule has 2 aromatic carbocycles. The zero-order chi connectivity index (χ0) is 21.6. The van der Waals surface area contributed by atoms with Crippen LogP contribution in [0, 0.1) is 0 Å². The summed E-state index contributed by atoms with van der Waals surface area (Å²) in [6.07, 6.45) is 3.18. The average Bonchev–Trinajstić information content (AvgIpc) is 3.29. The van der Waals surface area contributed by atoms with Crippen molar-refractivity contribution in [3.8, 4) is 11.5 Å². The number of anilines is 1. The van der Waals surface area contributed by atoms with E-state index in [1.165, 1.54) is 0 Å². The molecule has 1 fully saturated rings. The van der Waals surface area contributed by atoms with Crippen LogP contribution >= 0.6 is 0 Å². The number of fused-ring (bicyclic) bond motifs is 2. The molecule has 0 radical (unpaired) electrons. The molecule has 0 aromatic heterocycles. The molecule has 3 aliphatic rings. The van der Waals surface area contributed by atoms with E-state index in [0.717, 1.165) is 42.5 Å². The van der Waals surface area contributed by atoms with Crippen molar-refractivity contribution in [3.63, 3.8) is 0 Å². The van der Waals surface area contributed by atoms with Crippen LogP contribution in [0.4, 0.5) is 5.69 Å². The van der Waals surface area contributed by atoms with Gasteiger partial charge >= 0.3 is 0 Å². The van der Waals surface area contributed by atoms with E-state index in [-0.39, 0.29) is 11.9 Å². The highest BCUT2D eigenvalue weighted by molar-refractivity contribution is 7.89. The third kappa shape index (κ3) is 3.57. The van der Waals surface area contributed by atoms with Crippen LogP contribution in [-0.4, -0.2) is 44.9 Å². The van der Waals surface area contributed by atoms with Crippen molar-refractivity contribution in [2.45, 2.75) is 43.5 Å². The van der Waals surface area contributed by atoms with E-state index in [9.17, 15) is 13.2 Å². The first-order valence-corrected chi connectivity index (χ1v) is 12.2. The van der Waals surface area contributed by atoms with E-state index >= 15 is 0 Å². The van der Waals surface area contributed by atoms with E-state index in [1.807, 2.05) is 18.2 Å². The molecule has 0 aliphatic carbocycles. The van der Waals surface area contributed by atoms with Gasteiger partial charge in [-0.25, -0.2) is 8.42 Å². The van der Waals surface area contributed by atoms with Gasteiger partial charge in [0.2, 0.25) is 15.9 Å². The topological polar surface area (TPSA) is 76.2 Å². The van der Waals surface area contributed by atoms with Gasteiger partial charge in [0.05, 0.1) is 10.9 Å². The zero-order valence-corrected chi connectivity index (χ0v) is 18.4. The number of carbonyl (C=O) groups is 1. The van der Waals surface area contributed by atoms with Gasteiger partial charge < -0.3 is 14.4 Å². The third-order valence-corrected chi connectivity index (χ3v) is 8.22. The second kappa shape index (κ2) is 7.84. The van der Waals surface area contributed by atoms with Crippen molar-refractivity contribution in [2.75, 3.05) is 31.2 Å². The quantitative estimate of drug-likeness (QED) is 0.729. The molecule has 0 N–H and O–H groups in total. The number of rotatable bonds is 3. The lowest BCUT2D eigenvalue weighted by Gasteiger charge is -2.30. The van der Waals surface area contributed by atoms with E-state index in [4.69, 9.17) is 9.47 Å². The van der Waals surface area contributed by atoms with Crippen molar-refractivity contribution in [1.29, 1.82) is 0 Å². The molecule has 1 amide bonds. The monoisotopic (exact) mass is 442 g/mol. The Morgan fingerprint density at radius 2 is 1.81 bits per heavy atom. The number of amides is 1. The Labute approximate surface area is 182 Å². The van der Waals surface area contributed by atoms with E-state index in [0.29, 0.717) is 42.7 Å². The summed E-state index contributed by atoms with van der Waals surface area (Å²) in [6.45, 7) is 3.72. The molecule has 0 saturated carbocycles. The van der Waals surface area contributed by atoms with Gasteiger partial charge in [-0.1, -0.05) is 6.07 Å². The predicted octanol–water partition coefficient (Wildman–Crippen LogP) is 3.28. The SMILES string of the molecule is CC(=O)N1CCCc2cc(S(=O)(=O)N3CCC[C@H]3c3ccc4c(c3)OCCO4)ccc21. The van der Waals surface area contributed by atoms with Gasteiger partial charge in [0.15, 0.2) is 11.5 Å². The van der Waals surface area contributed by atoms with Crippen LogP contribution in [0.15, 0.2) is 41.3 Å². The van der Waals surface area contributed by atoms with Gasteiger partial charge in [-0.2, -0.15) is 4.31 Å². The molecule has 1 atom stereocenters. The summed E-state index contributed by atoms with van der Waals surface area (Å²) in [5.41, 5.74) is 2.66. The second-order valence-electron chi connectivity index (χ2n) is 8.24. The van der Waals surface area contributed by atoms with Crippen LogP contribution in [0.2, 0.25) is 0 Å². The number of sulfonamides is 1. The number of nitrogens with zero attached hydrogens (tertiary/aromatic N) is 2. The lowest BCUT2D eigenvalue weighted by molar-refractivity contribution is -0.116. The van der Waals surface area contributed by atoms with Gasteiger partial charge in [0.25, 0.3) is 0 Å². The first kappa shape index (κ1) is 20.3. The molecule has 7 nitrogen and oxygen atoms in total. The molecule has 0 unspecified atom stereocenters. The minimum atomic E-state index is -3.67. The molecule has 164 valence electrons. The van der Waals surface area contributed by atoms with Crippen LogP contribution in [-0.2, 0) is 21.2 Å². The maximum Gasteiger partial charge on any atom is 0.243 e. The van der Waals surface area contributed by atoms with Gasteiger partial charge in [-0.05, 0) is 67.1 Å². The average molecular weight is 443 g/mol. The maximum atomic E-state index is 13.6. The lowest BCUT2D eigenvalue weighted by Crippen LogP contribution is -2.34. The lowest BCUT2D eigenvalue weighted by atomic mass is 10.0. The molecule has 0 bridgehead atoms. The molecule has 0 spiro atoms. The minimum absolute atomic E-state index is 0.0187. The Hall–Kier alpha value is -2.58. The van der Waals surface area contributed by atoms with Crippen molar-refractivity contribution < 1.29 is 22.7 Å². The van der Waals surface area contributed by atoms with E-state index < -0.39 is 10.0 Å². The normalized spacial score (nSPS) is 21.1. The number of hydrogen-bond acceptors (Lipinski definition) is 5. The highest BCUT2D eigenvalue weighted by Crippen LogP contribution is 2.41. The molecule has 3 heterocycles. The molecular formula is C23H26N2O5S. The fourth-order valence-electron chi connectivity index (χ4n) is 4.82. The standard InChI is InChI=1S/C23H26N2O5S/c1-16(26)24-10-2-4-17-14-19(7-8-20(17)24)31(27,28)25-11-3-5-21(25)18-6-9-22-23(15-18)30-13-12-29-22/h6-9,14-15,21H,2-5,10-13H2,1H3/t21-/m0/s1. The maximum absolute atomic E-state index is 13.6. The fraction of sp³-hybridized carbons (Fsp3) is 0.435. The van der Waals surface area contributed by atoms with Gasteiger partial charge in [-0.3, -0.25) is 4.79 Å². The van der Waals surface area contributed by atoms with E-state index in [1.54, 1.807) is 34.3 Å². The van der Waals surface area contributed by atoms with Crippen LogP contribution in [0.3, 0.4) is 0 Å². The summed E-state index contributed by atoms with van der Waals surface area (Å²) in [5.74, 6) is 1.35. The highest BCUT2D eigenvalue weighted by atomic mass is 32.2. The smallest absolute Gasteiger partial charge is 0.243 e. The second-order valence-corrected chi connectivity index (χ2v) is 10.1. The van der Waals surface area contributed by atoms with Gasteiger partial charge in [-0.15, -0.1) is 0 Å². The van der Waals surface area contributed by atoms with Crippen molar-refractivity contribution in [3.05, 3.63) is 47.5 Å². The summed E-state index contributed by atoms with van der Waals surface area (Å²) in [5, 5.41) is 0. The van der Waals surface area contributed by atoms with Crippen LogP contribution < -0.4 is 14.4 Å². The first-order chi connectivity index (χ1) is 14.9. The fourth-order valence-corrected chi connectivity index (χ4v) is 6.56. The number of benzene rings is 2. The summed E-state index contributed by atoms with van der Waals surface area (Å²) in [7, 11) is -3.67. The largest absolute Gasteiger partial charge is 0.486 e. The zero-order valence-electron chi connectivity index (χ0n) is 17.5. The Balaban J connectivity index is 1.47. The summed E-state index contributed by atoms with van der Waals surface area (Å²) < 4.78 is 40.1. The third-order valence-electron chi connectivity index (χ3n) is 6.31. The Bertz CT molecular complexity index is 1130. The number of aryl methyl sites for hydroxylation is 1. The Morgan fingerprint density at radius 1 is 1.00 bits per heavy atom. The van der Waals surface area contributed by atoms with Gasteiger partial charge in [0, 0.05) is 25.7 Å². The molecule has 31 heavy (non-hydrogen) atoms. The van der Waals surface area contributed by atoms with Crippen molar-refractivity contribution >= 4 is 21.6 Å². The Morgan fingerprint density at radius 3 is 2.61 bits per heavy atom. The van der Waals surface area contributed by atoms with Crippen LogP contribution in [0.1, 0.15) is 43.4 Å². The molecule has 3 aliphatic heterocycles. The van der Waals surface area contributed by atoms with Gasteiger partial charge in [0.1, 0.15) is 13.2 Å². The molecule has 8 heteroatoms. The van der Waals surface area contributed by atoms with Crippen LogP contribution in [0.25, 0.3) is 0 Å². The number of hydrogen-bond donors (Lipinski definition) is 0. The molecule has 5 rings (SSSR count). The first-order valence-electron chi connectivity index (χ1n) is 10.8. The summed E-state index contributed by atoms with van der Waals surface area (Å²) >= 11 is 0. The summed E-state index contributed by atoms with van der Waals surface area (Å²) in [6, 6.07) is 10.6. The predicted molar refractivity (Wildman–Crippen MR) is 116 cm³/mol. The molecule has 2 aromatic rings. The number of ether oxygens (including phenoxy) is 2. The minimum Gasteiger partial charge on any atom is -0.486 e. The van der Waals surface area contributed by atoms with Crippen molar-refractivity contribution in [1.82, 2.24) is 4.31 Å². The Kier molecular flexibility index (Phi) is 5.14. The molecule has 1 saturated heterocycles. The van der Waals surface area contributed by atoms with E-state index in [2.05, 4.69) is 0 Å².